The molecule has 0 aromatic heterocycles. The van der Waals surface area contributed by atoms with Crippen molar-refractivity contribution in [2.24, 2.45) is 11.8 Å². The van der Waals surface area contributed by atoms with Gasteiger partial charge in [0, 0.05) is 25.7 Å². The van der Waals surface area contributed by atoms with Crippen LogP contribution in [0.4, 0.5) is 0 Å². The van der Waals surface area contributed by atoms with Gasteiger partial charge in [-0.05, 0) is 37.5 Å². The second-order valence-corrected chi connectivity index (χ2v) is 26.9. The number of aliphatic hydroxyl groups is 1. The minimum Gasteiger partial charge on any atom is -0.462 e. The molecule has 0 aromatic carbocycles. The van der Waals surface area contributed by atoms with E-state index in [0.717, 1.165) is 108 Å². The van der Waals surface area contributed by atoms with Gasteiger partial charge in [0.1, 0.15) is 19.3 Å². The highest BCUT2D eigenvalue weighted by atomic mass is 31.2. The Labute approximate surface area is 511 Å². The van der Waals surface area contributed by atoms with Crippen molar-refractivity contribution in [3.05, 3.63) is 0 Å². The van der Waals surface area contributed by atoms with Gasteiger partial charge in [-0.2, -0.15) is 0 Å². The van der Waals surface area contributed by atoms with Gasteiger partial charge in [0.2, 0.25) is 0 Å². The maximum absolute atomic E-state index is 13.0. The summed E-state index contributed by atoms with van der Waals surface area (Å²) >= 11 is 0. The van der Waals surface area contributed by atoms with Gasteiger partial charge in [0.25, 0.3) is 0 Å². The van der Waals surface area contributed by atoms with E-state index in [4.69, 9.17) is 37.0 Å². The van der Waals surface area contributed by atoms with Gasteiger partial charge in [0.05, 0.1) is 26.4 Å². The Morgan fingerprint density at radius 3 is 0.845 bits per heavy atom. The summed E-state index contributed by atoms with van der Waals surface area (Å²) in [5.74, 6) is -0.595. The van der Waals surface area contributed by atoms with Crippen LogP contribution in [0.15, 0.2) is 0 Å². The molecule has 0 saturated heterocycles. The van der Waals surface area contributed by atoms with Crippen molar-refractivity contribution in [3.8, 4) is 0 Å². The average Bonchev–Trinajstić information content (AvgIpc) is 3.59. The topological polar surface area (TPSA) is 237 Å². The number of esters is 4. The number of aliphatic hydroxyl groups excluding tert-OH is 1. The molecule has 7 atom stereocenters. The molecular formula is C65H126O17P2. The highest BCUT2D eigenvalue weighted by molar-refractivity contribution is 7.47. The van der Waals surface area contributed by atoms with Crippen LogP contribution in [0, 0.1) is 11.8 Å². The second kappa shape index (κ2) is 57.5. The molecule has 3 N–H and O–H groups in total. The Hall–Kier alpha value is -1.94. The monoisotopic (exact) mass is 1240 g/mol. The number of carbonyl (C=O) groups excluding carboxylic acids is 4. The number of phosphoric ester groups is 2. The van der Waals surface area contributed by atoms with Gasteiger partial charge in [-0.15, -0.1) is 0 Å². The molecule has 0 aliphatic carbocycles. The molecule has 0 aromatic rings. The van der Waals surface area contributed by atoms with E-state index in [1.165, 1.54) is 135 Å². The fraction of sp³-hybridized carbons (Fsp3) is 0.938. The zero-order valence-electron chi connectivity index (χ0n) is 54.2. The molecule has 4 unspecified atom stereocenters. The Bertz CT molecular complexity index is 1650. The number of ether oxygens (including phenoxy) is 4. The quantitative estimate of drug-likeness (QED) is 0.0222. The van der Waals surface area contributed by atoms with Crippen LogP contribution in [0.25, 0.3) is 0 Å². The first-order valence-corrected chi connectivity index (χ1v) is 37.1. The smallest absolute Gasteiger partial charge is 0.462 e. The maximum Gasteiger partial charge on any atom is 0.472 e. The molecule has 0 saturated carbocycles. The number of phosphoric acid groups is 2. The summed E-state index contributed by atoms with van der Waals surface area (Å²) in [7, 11) is -9.88. The van der Waals surface area contributed by atoms with Gasteiger partial charge in [-0.25, -0.2) is 9.13 Å². The van der Waals surface area contributed by atoms with Crippen molar-refractivity contribution >= 4 is 39.5 Å². The lowest BCUT2D eigenvalue weighted by Crippen LogP contribution is -2.30. The zero-order valence-corrected chi connectivity index (χ0v) is 56.0. The Kier molecular flexibility index (Phi) is 56.2. The van der Waals surface area contributed by atoms with E-state index in [0.29, 0.717) is 25.7 Å². The molecule has 17 nitrogen and oxygen atoms in total. The lowest BCUT2D eigenvalue weighted by atomic mass is 9.99. The molecule has 0 fully saturated rings. The largest absolute Gasteiger partial charge is 0.472 e. The molecule has 0 rings (SSSR count). The number of carbonyl (C=O) groups is 4. The summed E-state index contributed by atoms with van der Waals surface area (Å²) in [6, 6.07) is 0. The molecule has 0 spiro atoms. The minimum absolute atomic E-state index is 0.104. The molecule has 498 valence electrons. The van der Waals surface area contributed by atoms with Gasteiger partial charge in [-0.3, -0.25) is 37.3 Å². The van der Waals surface area contributed by atoms with Crippen molar-refractivity contribution < 1.29 is 80.2 Å². The van der Waals surface area contributed by atoms with Gasteiger partial charge in [-0.1, -0.05) is 273 Å². The van der Waals surface area contributed by atoms with Crippen LogP contribution < -0.4 is 0 Å². The lowest BCUT2D eigenvalue weighted by molar-refractivity contribution is -0.161. The fourth-order valence-electron chi connectivity index (χ4n) is 9.64. The molecule has 84 heavy (non-hydrogen) atoms. The van der Waals surface area contributed by atoms with E-state index in [2.05, 4.69) is 41.5 Å². The summed E-state index contributed by atoms with van der Waals surface area (Å²) in [4.78, 5) is 72.1. The van der Waals surface area contributed by atoms with E-state index in [1.807, 2.05) is 0 Å². The van der Waals surface area contributed by atoms with Crippen molar-refractivity contribution in [1.82, 2.24) is 0 Å². The van der Waals surface area contributed by atoms with E-state index in [-0.39, 0.29) is 25.7 Å². The van der Waals surface area contributed by atoms with Crippen LogP contribution in [0.3, 0.4) is 0 Å². The maximum atomic E-state index is 13.0. The third-order valence-electron chi connectivity index (χ3n) is 15.7. The first-order chi connectivity index (χ1) is 40.4. The van der Waals surface area contributed by atoms with E-state index >= 15 is 0 Å². The highest BCUT2D eigenvalue weighted by Crippen LogP contribution is 2.45. The summed E-state index contributed by atoms with van der Waals surface area (Å²) in [5.41, 5.74) is 0. The van der Waals surface area contributed by atoms with Crippen molar-refractivity contribution in [2.75, 3.05) is 39.6 Å². The molecule has 0 aliphatic rings. The van der Waals surface area contributed by atoms with Crippen LogP contribution >= 0.6 is 15.6 Å². The van der Waals surface area contributed by atoms with Crippen LogP contribution in [-0.2, 0) is 65.4 Å². The Morgan fingerprint density at radius 1 is 0.333 bits per heavy atom. The zero-order chi connectivity index (χ0) is 62.2. The molecule has 0 aliphatic heterocycles. The third kappa shape index (κ3) is 56.6. The van der Waals surface area contributed by atoms with Crippen LogP contribution in [-0.4, -0.2) is 96.7 Å². The van der Waals surface area contributed by atoms with Crippen LogP contribution in [0.2, 0.25) is 0 Å². The van der Waals surface area contributed by atoms with E-state index in [9.17, 15) is 43.2 Å². The summed E-state index contributed by atoms with van der Waals surface area (Å²) in [6.07, 6.45) is 40.5. The van der Waals surface area contributed by atoms with Gasteiger partial charge < -0.3 is 33.8 Å². The second-order valence-electron chi connectivity index (χ2n) is 24.0. The van der Waals surface area contributed by atoms with Crippen molar-refractivity contribution in [1.29, 1.82) is 0 Å². The van der Waals surface area contributed by atoms with Crippen molar-refractivity contribution in [3.63, 3.8) is 0 Å². The highest BCUT2D eigenvalue weighted by Gasteiger charge is 2.30. The molecule has 0 amide bonds. The van der Waals surface area contributed by atoms with Crippen LogP contribution in [0.5, 0.6) is 0 Å². The number of hydrogen-bond donors (Lipinski definition) is 3. The lowest BCUT2D eigenvalue weighted by Gasteiger charge is -2.21. The van der Waals surface area contributed by atoms with Gasteiger partial charge >= 0.3 is 39.5 Å². The third-order valence-corrected chi connectivity index (χ3v) is 17.6. The van der Waals surface area contributed by atoms with Crippen LogP contribution in [0.1, 0.15) is 324 Å². The van der Waals surface area contributed by atoms with E-state index in [1.54, 1.807) is 0 Å². The SMILES string of the molecule is CCCCCCCCCCCCCCCCCC(=O)O[C@H](COC(=O)CCCCCCCCCCC(C)CC)COP(=O)(O)OC[C@@H](O)COP(=O)(O)OC[C@@H](COC(=O)CCCCCCC)OC(=O)CCCCCCCCCCC(C)CC. The minimum atomic E-state index is -4.94. The summed E-state index contributed by atoms with van der Waals surface area (Å²) in [6.45, 7) is 9.42. The Balaban J connectivity index is 5.19. The molecule has 0 heterocycles. The first-order valence-electron chi connectivity index (χ1n) is 34.1. The summed E-state index contributed by atoms with van der Waals surface area (Å²) < 4.78 is 67.9. The molecular weight excluding hydrogens is 1110 g/mol. The fourth-order valence-corrected chi connectivity index (χ4v) is 11.2. The number of rotatable bonds is 64. The standard InChI is InChI=1S/C65H126O17P2/c1-7-11-13-15-16-17-18-19-20-21-22-23-31-37-43-49-64(69)82-61(54-76-63(68)48-42-36-30-26-24-28-34-39-45-57(5)9-3)56-80-84(73,74)78-52-59(66)51-77-83(71,72)79-55-60(53-75-62(67)47-41-33-14-12-8-2)81-65(70)50-44-38-32-27-25-29-35-40-46-58(6)10-4/h57-61,66H,7-56H2,1-6H3,(H,71,72)(H,73,74)/t57?,58?,59-,60+,61+/m0/s1. The normalized spacial score (nSPS) is 14.9. The molecule has 0 radical (unpaired) electrons. The molecule has 19 heteroatoms. The predicted molar refractivity (Wildman–Crippen MR) is 335 cm³/mol. The molecule has 0 bridgehead atoms. The van der Waals surface area contributed by atoms with Gasteiger partial charge in [0.15, 0.2) is 12.2 Å². The summed E-state index contributed by atoms with van der Waals surface area (Å²) in [5, 5.41) is 10.5. The first kappa shape index (κ1) is 82.1. The Morgan fingerprint density at radius 2 is 0.571 bits per heavy atom. The number of unbranched alkanes of at least 4 members (excludes halogenated alkanes) is 32. The van der Waals surface area contributed by atoms with Crippen molar-refractivity contribution in [2.45, 2.75) is 342 Å². The number of hydrogen-bond acceptors (Lipinski definition) is 15. The predicted octanol–water partition coefficient (Wildman–Crippen LogP) is 18.0. The van der Waals surface area contributed by atoms with E-state index < -0.39 is 97.5 Å². The average molecular weight is 1240 g/mol.